The standard InChI is InChI=1S/C20H20ClN5O/c1-26(11-8-15-6-9-22-10-7-15)19-14-23-18(13-24-19)20(27)25-12-16-4-2-3-5-17(16)21/h2-7,9-10,13-14H,8,11-12H2,1H3,(H,25,27). The summed E-state index contributed by atoms with van der Waals surface area (Å²) in [5.74, 6) is 0.431. The predicted octanol–water partition coefficient (Wildman–Crippen LogP) is 3.13. The first-order valence-corrected chi connectivity index (χ1v) is 8.95. The van der Waals surface area contributed by atoms with E-state index in [9.17, 15) is 4.79 Å². The topological polar surface area (TPSA) is 71.0 Å². The molecule has 0 aliphatic rings. The molecule has 138 valence electrons. The van der Waals surface area contributed by atoms with Crippen LogP contribution in [0.3, 0.4) is 0 Å². The molecule has 1 N–H and O–H groups in total. The molecule has 0 aliphatic carbocycles. The van der Waals surface area contributed by atoms with E-state index in [1.807, 2.05) is 42.3 Å². The maximum Gasteiger partial charge on any atom is 0.271 e. The zero-order valence-corrected chi connectivity index (χ0v) is 15.7. The molecule has 0 bridgehead atoms. The minimum absolute atomic E-state index is 0.272. The summed E-state index contributed by atoms with van der Waals surface area (Å²) >= 11 is 6.10. The average Bonchev–Trinajstić information content (AvgIpc) is 2.72. The number of carbonyl (C=O) groups excluding carboxylic acids is 1. The van der Waals surface area contributed by atoms with E-state index in [0.717, 1.165) is 18.5 Å². The highest BCUT2D eigenvalue weighted by molar-refractivity contribution is 6.31. The highest BCUT2D eigenvalue weighted by atomic mass is 35.5. The summed E-state index contributed by atoms with van der Waals surface area (Å²) < 4.78 is 0. The number of hydrogen-bond acceptors (Lipinski definition) is 5. The molecule has 0 saturated carbocycles. The van der Waals surface area contributed by atoms with E-state index in [1.165, 1.54) is 11.8 Å². The first kappa shape index (κ1) is 18.8. The molecule has 2 heterocycles. The molecule has 3 aromatic rings. The minimum Gasteiger partial charge on any atom is -0.358 e. The average molecular weight is 382 g/mol. The van der Waals surface area contributed by atoms with Crippen LogP contribution in [-0.2, 0) is 13.0 Å². The van der Waals surface area contributed by atoms with Crippen molar-refractivity contribution in [2.45, 2.75) is 13.0 Å². The van der Waals surface area contributed by atoms with E-state index in [0.29, 0.717) is 17.4 Å². The SMILES string of the molecule is CN(CCc1ccncc1)c1cnc(C(=O)NCc2ccccc2Cl)cn1. The van der Waals surface area contributed by atoms with Crippen LogP contribution in [0.4, 0.5) is 5.82 Å². The number of carbonyl (C=O) groups is 1. The van der Waals surface area contributed by atoms with Crippen LogP contribution in [0.5, 0.6) is 0 Å². The monoisotopic (exact) mass is 381 g/mol. The molecular weight excluding hydrogens is 362 g/mol. The number of hydrogen-bond donors (Lipinski definition) is 1. The maximum absolute atomic E-state index is 12.2. The smallest absolute Gasteiger partial charge is 0.271 e. The van der Waals surface area contributed by atoms with Gasteiger partial charge in [0.1, 0.15) is 11.5 Å². The molecule has 3 rings (SSSR count). The number of rotatable bonds is 7. The Morgan fingerprint density at radius 2 is 1.89 bits per heavy atom. The second kappa shape index (κ2) is 9.09. The second-order valence-electron chi connectivity index (χ2n) is 6.06. The molecule has 0 unspecified atom stereocenters. The van der Waals surface area contributed by atoms with Gasteiger partial charge in [0.2, 0.25) is 0 Å². The summed E-state index contributed by atoms with van der Waals surface area (Å²) in [4.78, 5) is 26.8. The Morgan fingerprint density at radius 1 is 1.11 bits per heavy atom. The van der Waals surface area contributed by atoms with Gasteiger partial charge in [-0.15, -0.1) is 0 Å². The first-order chi connectivity index (χ1) is 13.1. The lowest BCUT2D eigenvalue weighted by Gasteiger charge is -2.17. The molecule has 0 spiro atoms. The molecule has 0 aliphatic heterocycles. The highest BCUT2D eigenvalue weighted by Crippen LogP contribution is 2.14. The van der Waals surface area contributed by atoms with Crippen molar-refractivity contribution in [3.05, 3.63) is 83.0 Å². The third-order valence-electron chi connectivity index (χ3n) is 4.14. The molecule has 1 amide bonds. The van der Waals surface area contributed by atoms with Crippen LogP contribution in [0, 0.1) is 0 Å². The largest absolute Gasteiger partial charge is 0.358 e. The lowest BCUT2D eigenvalue weighted by Crippen LogP contribution is -2.25. The van der Waals surface area contributed by atoms with Gasteiger partial charge in [0.05, 0.1) is 12.4 Å². The van der Waals surface area contributed by atoms with Crippen LogP contribution in [0.1, 0.15) is 21.6 Å². The second-order valence-corrected chi connectivity index (χ2v) is 6.47. The van der Waals surface area contributed by atoms with E-state index in [4.69, 9.17) is 11.6 Å². The van der Waals surface area contributed by atoms with Gasteiger partial charge in [-0.25, -0.2) is 9.97 Å². The Kier molecular flexibility index (Phi) is 6.33. The van der Waals surface area contributed by atoms with Crippen LogP contribution in [0.25, 0.3) is 0 Å². The zero-order valence-electron chi connectivity index (χ0n) is 15.0. The van der Waals surface area contributed by atoms with Gasteiger partial charge in [-0.2, -0.15) is 0 Å². The van der Waals surface area contributed by atoms with Gasteiger partial charge in [-0.05, 0) is 35.7 Å². The van der Waals surface area contributed by atoms with E-state index >= 15 is 0 Å². The number of anilines is 1. The molecule has 0 saturated heterocycles. The Bertz CT molecular complexity index is 886. The van der Waals surface area contributed by atoms with Crippen molar-refractivity contribution < 1.29 is 4.79 Å². The van der Waals surface area contributed by atoms with E-state index in [-0.39, 0.29) is 11.6 Å². The third kappa shape index (κ3) is 5.24. The molecular formula is C20H20ClN5O. The van der Waals surface area contributed by atoms with Crippen molar-refractivity contribution in [3.8, 4) is 0 Å². The predicted molar refractivity (Wildman–Crippen MR) is 106 cm³/mol. The van der Waals surface area contributed by atoms with E-state index < -0.39 is 0 Å². The number of amides is 1. The molecule has 27 heavy (non-hydrogen) atoms. The van der Waals surface area contributed by atoms with Crippen LogP contribution < -0.4 is 10.2 Å². The molecule has 0 radical (unpaired) electrons. The highest BCUT2D eigenvalue weighted by Gasteiger charge is 2.10. The van der Waals surface area contributed by atoms with Crippen molar-refractivity contribution >= 4 is 23.3 Å². The summed E-state index contributed by atoms with van der Waals surface area (Å²) in [6.45, 7) is 1.13. The summed E-state index contributed by atoms with van der Waals surface area (Å²) in [5.41, 5.74) is 2.33. The Balaban J connectivity index is 1.54. The quantitative estimate of drug-likeness (QED) is 0.680. The summed E-state index contributed by atoms with van der Waals surface area (Å²) in [6, 6.07) is 11.4. The van der Waals surface area contributed by atoms with Crippen LogP contribution >= 0.6 is 11.6 Å². The van der Waals surface area contributed by atoms with Crippen LogP contribution in [0.15, 0.2) is 61.2 Å². The number of likely N-dealkylation sites (N-methyl/N-ethyl adjacent to an activating group) is 1. The molecule has 0 atom stereocenters. The molecule has 0 fully saturated rings. The number of halogens is 1. The van der Waals surface area contributed by atoms with Crippen LogP contribution in [0.2, 0.25) is 5.02 Å². The maximum atomic E-state index is 12.2. The Labute approximate surface area is 163 Å². The summed E-state index contributed by atoms with van der Waals surface area (Å²) in [6.07, 6.45) is 7.54. The molecule has 1 aromatic carbocycles. The van der Waals surface area contributed by atoms with Crippen LogP contribution in [-0.4, -0.2) is 34.5 Å². The fourth-order valence-corrected chi connectivity index (χ4v) is 2.71. The first-order valence-electron chi connectivity index (χ1n) is 8.57. The molecule has 2 aromatic heterocycles. The zero-order chi connectivity index (χ0) is 19.1. The van der Waals surface area contributed by atoms with E-state index in [1.54, 1.807) is 24.7 Å². The number of aromatic nitrogens is 3. The number of nitrogens with zero attached hydrogens (tertiary/aromatic N) is 4. The molecule has 6 nitrogen and oxygen atoms in total. The number of nitrogens with one attached hydrogen (secondary N) is 1. The van der Waals surface area contributed by atoms with Crippen molar-refractivity contribution in [2.24, 2.45) is 0 Å². The van der Waals surface area contributed by atoms with Gasteiger partial charge in [0.15, 0.2) is 0 Å². The normalized spacial score (nSPS) is 10.4. The van der Waals surface area contributed by atoms with Gasteiger partial charge >= 0.3 is 0 Å². The van der Waals surface area contributed by atoms with Gasteiger partial charge < -0.3 is 10.2 Å². The summed E-state index contributed by atoms with van der Waals surface area (Å²) in [7, 11) is 1.95. The minimum atomic E-state index is -0.284. The third-order valence-corrected chi connectivity index (χ3v) is 4.51. The number of benzene rings is 1. The van der Waals surface area contributed by atoms with Crippen molar-refractivity contribution in [1.82, 2.24) is 20.3 Å². The van der Waals surface area contributed by atoms with Gasteiger partial charge in [-0.3, -0.25) is 9.78 Å². The Morgan fingerprint density at radius 3 is 2.59 bits per heavy atom. The fraction of sp³-hybridized carbons (Fsp3) is 0.200. The van der Waals surface area contributed by atoms with Gasteiger partial charge in [0.25, 0.3) is 5.91 Å². The van der Waals surface area contributed by atoms with Gasteiger partial charge in [-0.1, -0.05) is 29.8 Å². The van der Waals surface area contributed by atoms with Crippen molar-refractivity contribution in [1.29, 1.82) is 0 Å². The lowest BCUT2D eigenvalue weighted by atomic mass is 10.2. The summed E-state index contributed by atoms with van der Waals surface area (Å²) in [5, 5.41) is 3.43. The van der Waals surface area contributed by atoms with Crippen molar-refractivity contribution in [3.63, 3.8) is 0 Å². The fourth-order valence-electron chi connectivity index (χ4n) is 2.50. The Hall–Kier alpha value is -2.99. The van der Waals surface area contributed by atoms with Crippen molar-refractivity contribution in [2.75, 3.05) is 18.5 Å². The lowest BCUT2D eigenvalue weighted by molar-refractivity contribution is 0.0945. The molecule has 7 heteroatoms. The number of pyridine rings is 1. The van der Waals surface area contributed by atoms with Gasteiger partial charge in [0, 0.05) is 37.6 Å². The van der Waals surface area contributed by atoms with E-state index in [2.05, 4.69) is 20.3 Å².